The molecule has 0 unspecified atom stereocenters. The predicted molar refractivity (Wildman–Crippen MR) is 125 cm³/mol. The molecule has 0 aliphatic carbocycles. The molecule has 0 aromatic heterocycles. The molecule has 2 amide bonds. The smallest absolute Gasteiger partial charge is 0.282 e. The van der Waals surface area contributed by atoms with E-state index in [1.165, 1.54) is 30.3 Å². The summed E-state index contributed by atoms with van der Waals surface area (Å²) >= 11 is 6.07. The van der Waals surface area contributed by atoms with E-state index >= 15 is 0 Å². The van der Waals surface area contributed by atoms with Crippen LogP contribution in [0.15, 0.2) is 78.5 Å². The van der Waals surface area contributed by atoms with Crippen molar-refractivity contribution in [2.45, 2.75) is 6.92 Å². The van der Waals surface area contributed by atoms with E-state index in [-0.39, 0.29) is 17.0 Å². The SMILES string of the molecule is CCOc1ccc(NC2=C(c3ccc([N+](=O)[O-])cc3)C(=O)N(c3cccc(Cl)c3)C2=O)cc1. The van der Waals surface area contributed by atoms with Crippen LogP contribution in [-0.4, -0.2) is 23.3 Å². The van der Waals surface area contributed by atoms with Gasteiger partial charge in [0.1, 0.15) is 11.4 Å². The van der Waals surface area contributed by atoms with E-state index in [9.17, 15) is 19.7 Å². The van der Waals surface area contributed by atoms with Gasteiger partial charge in [0.2, 0.25) is 0 Å². The van der Waals surface area contributed by atoms with E-state index in [1.54, 1.807) is 42.5 Å². The van der Waals surface area contributed by atoms with Crippen LogP contribution in [0.5, 0.6) is 5.75 Å². The third-order valence-corrected chi connectivity index (χ3v) is 5.19. The highest BCUT2D eigenvalue weighted by Crippen LogP contribution is 2.35. The Morgan fingerprint density at radius 2 is 1.70 bits per heavy atom. The van der Waals surface area contributed by atoms with E-state index in [1.807, 2.05) is 6.92 Å². The molecular formula is C24H18ClN3O5. The molecule has 166 valence electrons. The summed E-state index contributed by atoms with van der Waals surface area (Å²) in [6, 6.07) is 18.8. The van der Waals surface area contributed by atoms with Gasteiger partial charge in [0, 0.05) is 22.8 Å². The van der Waals surface area contributed by atoms with E-state index in [0.29, 0.717) is 34.3 Å². The van der Waals surface area contributed by atoms with Gasteiger partial charge in [-0.3, -0.25) is 19.7 Å². The van der Waals surface area contributed by atoms with Crippen LogP contribution in [0.25, 0.3) is 5.57 Å². The van der Waals surface area contributed by atoms with Crippen LogP contribution >= 0.6 is 11.6 Å². The van der Waals surface area contributed by atoms with Crippen LogP contribution in [-0.2, 0) is 9.59 Å². The third kappa shape index (κ3) is 4.42. The Kier molecular flexibility index (Phi) is 6.10. The number of ether oxygens (including phenoxy) is 1. The zero-order valence-corrected chi connectivity index (χ0v) is 18.2. The maximum atomic E-state index is 13.4. The van der Waals surface area contributed by atoms with Crippen molar-refractivity contribution >= 4 is 46.1 Å². The Bertz CT molecular complexity index is 1270. The van der Waals surface area contributed by atoms with Gasteiger partial charge in [0.05, 0.1) is 22.8 Å². The second-order valence-electron chi connectivity index (χ2n) is 7.06. The molecule has 0 radical (unpaired) electrons. The molecule has 0 saturated heterocycles. The van der Waals surface area contributed by atoms with Gasteiger partial charge in [-0.25, -0.2) is 4.90 Å². The first-order valence-electron chi connectivity index (χ1n) is 10.0. The Morgan fingerprint density at radius 1 is 1.00 bits per heavy atom. The molecule has 1 aliphatic heterocycles. The second-order valence-corrected chi connectivity index (χ2v) is 7.50. The molecule has 9 heteroatoms. The number of nitro benzene ring substituents is 1. The molecule has 3 aromatic rings. The number of hydrogen-bond donors (Lipinski definition) is 1. The molecule has 0 saturated carbocycles. The molecule has 3 aromatic carbocycles. The highest BCUT2D eigenvalue weighted by molar-refractivity contribution is 6.46. The lowest BCUT2D eigenvalue weighted by Gasteiger charge is -2.15. The zero-order valence-electron chi connectivity index (χ0n) is 17.4. The van der Waals surface area contributed by atoms with Gasteiger partial charge >= 0.3 is 0 Å². The van der Waals surface area contributed by atoms with Gasteiger partial charge in [0.15, 0.2) is 0 Å². The highest BCUT2D eigenvalue weighted by atomic mass is 35.5. The van der Waals surface area contributed by atoms with E-state index in [0.717, 1.165) is 4.90 Å². The number of nitro groups is 1. The first-order chi connectivity index (χ1) is 15.9. The van der Waals surface area contributed by atoms with Crippen molar-refractivity contribution in [3.63, 3.8) is 0 Å². The minimum Gasteiger partial charge on any atom is -0.494 e. The Labute approximate surface area is 194 Å². The number of non-ortho nitro benzene ring substituents is 1. The largest absolute Gasteiger partial charge is 0.494 e. The van der Waals surface area contributed by atoms with Crippen molar-refractivity contribution in [3.05, 3.63) is 99.2 Å². The summed E-state index contributed by atoms with van der Waals surface area (Å²) in [7, 11) is 0. The summed E-state index contributed by atoms with van der Waals surface area (Å²) in [5, 5.41) is 14.4. The predicted octanol–water partition coefficient (Wildman–Crippen LogP) is 5.04. The van der Waals surface area contributed by atoms with Crippen molar-refractivity contribution in [1.82, 2.24) is 0 Å². The fourth-order valence-corrected chi connectivity index (χ4v) is 3.64. The second kappa shape index (κ2) is 9.13. The minimum absolute atomic E-state index is 0.0537. The van der Waals surface area contributed by atoms with Crippen molar-refractivity contribution < 1.29 is 19.2 Å². The highest BCUT2D eigenvalue weighted by Gasteiger charge is 2.40. The maximum absolute atomic E-state index is 13.4. The standard InChI is InChI=1S/C24H18ClN3O5/c1-2-33-20-12-8-17(9-13-20)26-22-21(15-6-10-18(11-7-15)28(31)32)23(29)27(24(22)30)19-5-3-4-16(25)14-19/h3-14,26H,2H2,1H3. The Balaban J connectivity index is 1.77. The van der Waals surface area contributed by atoms with Crippen LogP contribution in [0, 0.1) is 10.1 Å². The number of rotatable bonds is 7. The lowest BCUT2D eigenvalue weighted by Crippen LogP contribution is -2.32. The van der Waals surface area contributed by atoms with Crippen LogP contribution in [0.2, 0.25) is 5.02 Å². The van der Waals surface area contributed by atoms with Crippen LogP contribution in [0.1, 0.15) is 12.5 Å². The van der Waals surface area contributed by atoms with E-state index < -0.39 is 16.7 Å². The summed E-state index contributed by atoms with van der Waals surface area (Å²) in [5.74, 6) is -0.462. The van der Waals surface area contributed by atoms with E-state index in [2.05, 4.69) is 5.32 Å². The molecule has 1 N–H and O–H groups in total. The first-order valence-corrected chi connectivity index (χ1v) is 10.4. The van der Waals surface area contributed by atoms with Gasteiger partial charge in [0.25, 0.3) is 17.5 Å². The molecule has 4 rings (SSSR count). The average Bonchev–Trinajstić information content (AvgIpc) is 3.04. The molecule has 0 spiro atoms. The number of benzene rings is 3. The first kappa shape index (κ1) is 22.0. The summed E-state index contributed by atoms with van der Waals surface area (Å²) in [5.41, 5.74) is 1.30. The van der Waals surface area contributed by atoms with Gasteiger partial charge in [-0.2, -0.15) is 0 Å². The molecule has 1 aliphatic rings. The number of nitrogens with zero attached hydrogens (tertiary/aromatic N) is 2. The fraction of sp³-hybridized carbons (Fsp3) is 0.0833. The Hall–Kier alpha value is -4.17. The molecule has 8 nitrogen and oxygen atoms in total. The number of imide groups is 1. The number of nitrogens with one attached hydrogen (secondary N) is 1. The number of hydrogen-bond acceptors (Lipinski definition) is 6. The van der Waals surface area contributed by atoms with E-state index in [4.69, 9.17) is 16.3 Å². The normalized spacial score (nSPS) is 13.5. The summed E-state index contributed by atoms with van der Waals surface area (Å²) < 4.78 is 5.44. The van der Waals surface area contributed by atoms with Crippen molar-refractivity contribution in [3.8, 4) is 5.75 Å². The maximum Gasteiger partial charge on any atom is 0.282 e. The topological polar surface area (TPSA) is 102 Å². The van der Waals surface area contributed by atoms with Crippen molar-refractivity contribution in [1.29, 1.82) is 0 Å². The quantitative estimate of drug-likeness (QED) is 0.299. The van der Waals surface area contributed by atoms with Crippen molar-refractivity contribution in [2.75, 3.05) is 16.8 Å². The van der Waals surface area contributed by atoms with Gasteiger partial charge in [-0.05, 0) is 67.1 Å². The van der Waals surface area contributed by atoms with Gasteiger partial charge in [-0.15, -0.1) is 0 Å². The van der Waals surface area contributed by atoms with Crippen molar-refractivity contribution in [2.24, 2.45) is 0 Å². The number of halogens is 1. The summed E-state index contributed by atoms with van der Waals surface area (Å²) in [4.78, 5) is 38.3. The number of carbonyl (C=O) groups excluding carboxylic acids is 2. The van der Waals surface area contributed by atoms with Gasteiger partial charge < -0.3 is 10.1 Å². The summed E-state index contributed by atoms with van der Waals surface area (Å²) in [6.07, 6.45) is 0. The molecule has 33 heavy (non-hydrogen) atoms. The summed E-state index contributed by atoms with van der Waals surface area (Å²) in [6.45, 7) is 2.39. The Morgan fingerprint density at radius 3 is 2.30 bits per heavy atom. The number of anilines is 2. The van der Waals surface area contributed by atoms with Crippen LogP contribution < -0.4 is 15.0 Å². The minimum atomic E-state index is -0.565. The fourth-order valence-electron chi connectivity index (χ4n) is 3.46. The molecule has 1 heterocycles. The van der Waals surface area contributed by atoms with Crippen LogP contribution in [0.4, 0.5) is 17.1 Å². The van der Waals surface area contributed by atoms with Crippen LogP contribution in [0.3, 0.4) is 0 Å². The third-order valence-electron chi connectivity index (χ3n) is 4.95. The molecular weight excluding hydrogens is 446 g/mol. The lowest BCUT2D eigenvalue weighted by atomic mass is 10.0. The number of carbonyl (C=O) groups is 2. The number of amides is 2. The molecule has 0 atom stereocenters. The lowest BCUT2D eigenvalue weighted by molar-refractivity contribution is -0.384. The zero-order chi connectivity index (χ0) is 23.5. The molecule has 0 fully saturated rings. The molecule has 0 bridgehead atoms. The average molecular weight is 464 g/mol. The monoisotopic (exact) mass is 463 g/mol. The van der Waals surface area contributed by atoms with Gasteiger partial charge in [-0.1, -0.05) is 17.7 Å².